The molecule has 0 spiro atoms. The molecule has 0 aliphatic carbocycles. The molecule has 0 unspecified atom stereocenters. The van der Waals surface area contributed by atoms with Crippen molar-refractivity contribution in [2.24, 2.45) is 0 Å². The first-order chi connectivity index (χ1) is 10.4. The first kappa shape index (κ1) is 15.1. The number of nitrogens with zero attached hydrogens (tertiary/aromatic N) is 1. The molecule has 7 heteroatoms. The van der Waals surface area contributed by atoms with Crippen molar-refractivity contribution in [2.75, 3.05) is 25.1 Å². The van der Waals surface area contributed by atoms with Crippen LogP contribution in [0, 0.1) is 0 Å². The molecular formula is C15H20N2O4S. The first-order valence-electron chi connectivity index (χ1n) is 7.40. The number of urea groups is 1. The van der Waals surface area contributed by atoms with Crippen molar-refractivity contribution in [3.05, 3.63) is 29.8 Å². The van der Waals surface area contributed by atoms with Gasteiger partial charge in [-0.1, -0.05) is 18.2 Å². The lowest BCUT2D eigenvalue weighted by molar-refractivity contribution is 0.182. The highest BCUT2D eigenvalue weighted by Gasteiger charge is 2.33. The molecule has 2 aliphatic heterocycles. The smallest absolute Gasteiger partial charge is 0.317 e. The molecule has 1 N–H and O–H groups in total. The van der Waals surface area contributed by atoms with Crippen LogP contribution in [0.1, 0.15) is 12.0 Å². The number of nitrogens with one attached hydrogen (secondary N) is 1. The molecule has 2 heterocycles. The van der Waals surface area contributed by atoms with E-state index in [1.807, 2.05) is 24.3 Å². The average Bonchev–Trinajstić information content (AvgIpc) is 3.06. The Labute approximate surface area is 130 Å². The molecule has 22 heavy (non-hydrogen) atoms. The van der Waals surface area contributed by atoms with E-state index in [1.165, 1.54) is 4.90 Å². The minimum absolute atomic E-state index is 0.0578. The van der Waals surface area contributed by atoms with Crippen molar-refractivity contribution in [3.8, 4) is 5.75 Å². The molecule has 6 nitrogen and oxygen atoms in total. The molecule has 1 aromatic carbocycles. The number of carbonyl (C=O) groups excluding carboxylic acids is 1. The largest absolute Gasteiger partial charge is 0.488 e. The summed E-state index contributed by atoms with van der Waals surface area (Å²) in [5.74, 6) is 1.09. The number of carbonyl (C=O) groups is 1. The number of rotatable bonds is 3. The van der Waals surface area contributed by atoms with E-state index in [-0.39, 0.29) is 29.7 Å². The molecule has 1 saturated heterocycles. The minimum Gasteiger partial charge on any atom is -0.488 e. The van der Waals surface area contributed by atoms with Gasteiger partial charge in [0.1, 0.15) is 11.9 Å². The van der Waals surface area contributed by atoms with Crippen LogP contribution in [0.4, 0.5) is 4.79 Å². The standard InChI is InChI=1S/C15H20N2O4S/c1-17(12-6-7-22(19,20)10-12)15(18)16-9-13-8-11-4-2-3-5-14(11)21-13/h2-5,12-13H,6-10H2,1H3,(H,16,18)/t12-,13+/m1/s1. The molecule has 0 aromatic heterocycles. The Hall–Kier alpha value is -1.76. The van der Waals surface area contributed by atoms with Crippen LogP contribution in [0.3, 0.4) is 0 Å². The summed E-state index contributed by atoms with van der Waals surface area (Å²) in [6, 6.07) is 7.36. The number of amides is 2. The van der Waals surface area contributed by atoms with E-state index in [4.69, 9.17) is 4.74 Å². The number of sulfone groups is 1. The summed E-state index contributed by atoms with van der Waals surface area (Å²) in [5.41, 5.74) is 1.15. The van der Waals surface area contributed by atoms with E-state index in [0.717, 1.165) is 17.7 Å². The Balaban J connectivity index is 1.49. The van der Waals surface area contributed by atoms with E-state index in [0.29, 0.717) is 13.0 Å². The average molecular weight is 324 g/mol. The van der Waals surface area contributed by atoms with E-state index in [9.17, 15) is 13.2 Å². The van der Waals surface area contributed by atoms with Crippen molar-refractivity contribution in [2.45, 2.75) is 25.0 Å². The molecule has 2 amide bonds. The number of para-hydroxylation sites is 1. The maximum atomic E-state index is 12.1. The van der Waals surface area contributed by atoms with Crippen molar-refractivity contribution >= 4 is 15.9 Å². The van der Waals surface area contributed by atoms with Gasteiger partial charge in [0.15, 0.2) is 9.84 Å². The van der Waals surface area contributed by atoms with Gasteiger partial charge in [-0.2, -0.15) is 0 Å². The Bertz CT molecular complexity index is 649. The molecule has 1 fully saturated rings. The summed E-state index contributed by atoms with van der Waals surface area (Å²) in [6.07, 6.45) is 1.22. The van der Waals surface area contributed by atoms with Gasteiger partial charge in [0.25, 0.3) is 0 Å². The fourth-order valence-corrected chi connectivity index (χ4v) is 4.71. The zero-order chi connectivity index (χ0) is 15.7. The number of fused-ring (bicyclic) bond motifs is 1. The predicted molar refractivity (Wildman–Crippen MR) is 82.8 cm³/mol. The normalized spacial score (nSPS) is 25.3. The highest BCUT2D eigenvalue weighted by Crippen LogP contribution is 2.27. The van der Waals surface area contributed by atoms with E-state index in [1.54, 1.807) is 7.05 Å². The molecule has 0 radical (unpaired) electrons. The summed E-state index contributed by atoms with van der Waals surface area (Å²) in [4.78, 5) is 13.6. The van der Waals surface area contributed by atoms with Gasteiger partial charge in [-0.05, 0) is 18.1 Å². The number of benzene rings is 1. The minimum atomic E-state index is -2.99. The van der Waals surface area contributed by atoms with Gasteiger partial charge in [0.2, 0.25) is 0 Å². The van der Waals surface area contributed by atoms with Gasteiger partial charge in [0, 0.05) is 19.5 Å². The fourth-order valence-electron chi connectivity index (χ4n) is 2.94. The molecule has 2 atom stereocenters. The highest BCUT2D eigenvalue weighted by molar-refractivity contribution is 7.91. The van der Waals surface area contributed by atoms with Crippen molar-refractivity contribution in [3.63, 3.8) is 0 Å². The van der Waals surface area contributed by atoms with Crippen molar-refractivity contribution < 1.29 is 17.9 Å². The van der Waals surface area contributed by atoms with Crippen LogP contribution in [0.2, 0.25) is 0 Å². The van der Waals surface area contributed by atoms with Gasteiger partial charge < -0.3 is 15.0 Å². The number of ether oxygens (including phenoxy) is 1. The lowest BCUT2D eigenvalue weighted by Crippen LogP contribution is -2.46. The number of hydrogen-bond acceptors (Lipinski definition) is 4. The second kappa shape index (κ2) is 5.79. The lowest BCUT2D eigenvalue weighted by atomic mass is 10.1. The third-order valence-electron chi connectivity index (χ3n) is 4.27. The van der Waals surface area contributed by atoms with Crippen LogP contribution in [0.5, 0.6) is 5.75 Å². The van der Waals surface area contributed by atoms with Gasteiger partial charge in [-0.3, -0.25) is 0 Å². The van der Waals surface area contributed by atoms with Crippen molar-refractivity contribution in [1.82, 2.24) is 10.2 Å². The summed E-state index contributed by atoms with van der Waals surface area (Å²) in [7, 11) is -1.34. The Morgan fingerprint density at radius 3 is 2.86 bits per heavy atom. The van der Waals surface area contributed by atoms with Crippen molar-refractivity contribution in [1.29, 1.82) is 0 Å². The molecule has 120 valence electrons. The summed E-state index contributed by atoms with van der Waals surface area (Å²) in [5, 5.41) is 2.83. The third-order valence-corrected chi connectivity index (χ3v) is 6.02. The lowest BCUT2D eigenvalue weighted by Gasteiger charge is -2.24. The summed E-state index contributed by atoms with van der Waals surface area (Å²) < 4.78 is 28.7. The first-order valence-corrected chi connectivity index (χ1v) is 9.22. The SMILES string of the molecule is CN(C(=O)NC[C@@H]1Cc2ccccc2O1)[C@@H]1CCS(=O)(=O)C1. The second-order valence-electron chi connectivity index (χ2n) is 5.91. The van der Waals surface area contributed by atoms with E-state index in [2.05, 4.69) is 5.32 Å². The predicted octanol–water partition coefficient (Wildman–Crippen LogP) is 0.819. The molecule has 1 aromatic rings. The van der Waals surface area contributed by atoms with Crippen LogP contribution >= 0.6 is 0 Å². The van der Waals surface area contributed by atoms with Crippen LogP contribution < -0.4 is 10.1 Å². The molecule has 3 rings (SSSR count). The fraction of sp³-hybridized carbons (Fsp3) is 0.533. The summed E-state index contributed by atoms with van der Waals surface area (Å²) in [6.45, 7) is 0.414. The van der Waals surface area contributed by atoms with Gasteiger partial charge in [-0.15, -0.1) is 0 Å². The van der Waals surface area contributed by atoms with E-state index >= 15 is 0 Å². The third kappa shape index (κ3) is 3.19. The molecule has 2 aliphatic rings. The Morgan fingerprint density at radius 2 is 2.18 bits per heavy atom. The maximum absolute atomic E-state index is 12.1. The van der Waals surface area contributed by atoms with Crippen LogP contribution in [0.15, 0.2) is 24.3 Å². The summed E-state index contributed by atoms with van der Waals surface area (Å²) >= 11 is 0. The highest BCUT2D eigenvalue weighted by atomic mass is 32.2. The van der Waals surface area contributed by atoms with Crippen LogP contribution in [-0.4, -0.2) is 56.6 Å². The second-order valence-corrected chi connectivity index (χ2v) is 8.13. The van der Waals surface area contributed by atoms with Gasteiger partial charge in [-0.25, -0.2) is 13.2 Å². The van der Waals surface area contributed by atoms with E-state index < -0.39 is 9.84 Å². The number of hydrogen-bond donors (Lipinski definition) is 1. The van der Waals surface area contributed by atoms with Crippen LogP contribution in [-0.2, 0) is 16.3 Å². The monoisotopic (exact) mass is 324 g/mol. The Morgan fingerprint density at radius 1 is 1.41 bits per heavy atom. The zero-order valence-corrected chi connectivity index (χ0v) is 13.3. The molecular weight excluding hydrogens is 304 g/mol. The van der Waals surface area contributed by atoms with Gasteiger partial charge >= 0.3 is 6.03 Å². The zero-order valence-electron chi connectivity index (χ0n) is 12.5. The molecule has 0 bridgehead atoms. The Kier molecular flexibility index (Phi) is 3.99. The quantitative estimate of drug-likeness (QED) is 0.893. The maximum Gasteiger partial charge on any atom is 0.317 e. The van der Waals surface area contributed by atoms with Crippen LogP contribution in [0.25, 0.3) is 0 Å². The van der Waals surface area contributed by atoms with Gasteiger partial charge in [0.05, 0.1) is 18.1 Å². The topological polar surface area (TPSA) is 75.7 Å². The molecule has 0 saturated carbocycles.